The van der Waals surface area contributed by atoms with Crippen LogP contribution in [0.15, 0.2) is 36.4 Å². The van der Waals surface area contributed by atoms with Crippen LogP contribution in [-0.4, -0.2) is 47.2 Å². The van der Waals surface area contributed by atoms with Gasteiger partial charge in [-0.3, -0.25) is 4.79 Å². The van der Waals surface area contributed by atoms with Gasteiger partial charge in [0, 0.05) is 32.1 Å². The predicted octanol–water partition coefficient (Wildman–Crippen LogP) is 2.55. The van der Waals surface area contributed by atoms with Crippen molar-refractivity contribution in [1.82, 2.24) is 15.1 Å². The smallest absolute Gasteiger partial charge is 0.227 e. The third-order valence-electron chi connectivity index (χ3n) is 5.06. The Kier molecular flexibility index (Phi) is 4.38. The molecule has 2 heterocycles. The molecule has 1 amide bonds. The first-order valence-corrected chi connectivity index (χ1v) is 9.11. The standard InChI is InChI=1S/C20H24N4O/c1-15-3-2-4-16(13-15)14-20(25)24-11-9-23(10-12-24)19-8-7-18(21-22-19)17-5-6-17/h2-4,7-8,13,17H,5-6,9-12,14H2,1H3. The average molecular weight is 336 g/mol. The van der Waals surface area contributed by atoms with E-state index in [0.29, 0.717) is 12.3 Å². The number of aromatic nitrogens is 2. The molecule has 2 fully saturated rings. The average Bonchev–Trinajstić information content (AvgIpc) is 3.47. The van der Waals surface area contributed by atoms with Crippen LogP contribution in [0.1, 0.15) is 35.6 Å². The zero-order chi connectivity index (χ0) is 17.2. The van der Waals surface area contributed by atoms with Crippen molar-refractivity contribution in [3.8, 4) is 0 Å². The number of hydrogen-bond donors (Lipinski definition) is 0. The topological polar surface area (TPSA) is 49.3 Å². The van der Waals surface area contributed by atoms with Gasteiger partial charge in [-0.15, -0.1) is 5.10 Å². The Morgan fingerprint density at radius 3 is 2.52 bits per heavy atom. The van der Waals surface area contributed by atoms with Gasteiger partial charge in [-0.25, -0.2) is 0 Å². The van der Waals surface area contributed by atoms with E-state index in [0.717, 1.165) is 43.3 Å². The molecule has 5 nitrogen and oxygen atoms in total. The van der Waals surface area contributed by atoms with E-state index in [2.05, 4.69) is 46.3 Å². The molecule has 25 heavy (non-hydrogen) atoms. The van der Waals surface area contributed by atoms with Crippen molar-refractivity contribution in [2.75, 3.05) is 31.1 Å². The summed E-state index contributed by atoms with van der Waals surface area (Å²) in [6.45, 7) is 5.18. The SMILES string of the molecule is Cc1cccc(CC(=O)N2CCN(c3ccc(C4CC4)nn3)CC2)c1. The second-order valence-corrected chi connectivity index (χ2v) is 7.12. The lowest BCUT2D eigenvalue weighted by molar-refractivity contribution is -0.130. The van der Waals surface area contributed by atoms with E-state index >= 15 is 0 Å². The summed E-state index contributed by atoms with van der Waals surface area (Å²) in [5, 5.41) is 8.75. The molecule has 1 aromatic carbocycles. The number of aryl methyl sites for hydroxylation is 1. The highest BCUT2D eigenvalue weighted by atomic mass is 16.2. The van der Waals surface area contributed by atoms with Crippen molar-refractivity contribution in [1.29, 1.82) is 0 Å². The second kappa shape index (κ2) is 6.82. The van der Waals surface area contributed by atoms with Crippen LogP contribution in [0.25, 0.3) is 0 Å². The molecule has 1 aliphatic heterocycles. The van der Waals surface area contributed by atoms with Crippen molar-refractivity contribution in [2.24, 2.45) is 0 Å². The number of carbonyl (C=O) groups excluding carboxylic acids is 1. The Bertz CT molecular complexity index is 747. The van der Waals surface area contributed by atoms with E-state index in [4.69, 9.17) is 0 Å². The molecule has 2 aliphatic rings. The minimum absolute atomic E-state index is 0.209. The summed E-state index contributed by atoms with van der Waals surface area (Å²) in [5.41, 5.74) is 3.41. The number of piperazine rings is 1. The zero-order valence-electron chi connectivity index (χ0n) is 14.7. The van der Waals surface area contributed by atoms with E-state index in [1.165, 1.54) is 18.4 Å². The molecule has 0 spiro atoms. The first-order valence-electron chi connectivity index (χ1n) is 9.11. The summed E-state index contributed by atoms with van der Waals surface area (Å²) in [6.07, 6.45) is 2.98. The fourth-order valence-electron chi connectivity index (χ4n) is 3.39. The number of hydrogen-bond acceptors (Lipinski definition) is 4. The van der Waals surface area contributed by atoms with Crippen LogP contribution in [0.4, 0.5) is 5.82 Å². The number of rotatable bonds is 4. The molecule has 0 N–H and O–H groups in total. The molecule has 2 aromatic rings. The molecule has 0 atom stereocenters. The van der Waals surface area contributed by atoms with Crippen LogP contribution in [-0.2, 0) is 11.2 Å². The summed E-state index contributed by atoms with van der Waals surface area (Å²) in [4.78, 5) is 16.7. The monoisotopic (exact) mass is 336 g/mol. The Balaban J connectivity index is 1.32. The molecule has 1 aromatic heterocycles. The quantitative estimate of drug-likeness (QED) is 0.861. The van der Waals surface area contributed by atoms with Gasteiger partial charge >= 0.3 is 0 Å². The highest BCUT2D eigenvalue weighted by molar-refractivity contribution is 5.79. The molecule has 1 aliphatic carbocycles. The minimum atomic E-state index is 0.209. The van der Waals surface area contributed by atoms with Gasteiger partial charge in [0.25, 0.3) is 0 Å². The summed E-state index contributed by atoms with van der Waals surface area (Å²) in [7, 11) is 0. The van der Waals surface area contributed by atoms with Crippen molar-refractivity contribution in [3.05, 3.63) is 53.2 Å². The second-order valence-electron chi connectivity index (χ2n) is 7.12. The Labute approximate surface area is 148 Å². The number of nitrogens with zero attached hydrogens (tertiary/aromatic N) is 4. The molecule has 0 radical (unpaired) electrons. The fourth-order valence-corrected chi connectivity index (χ4v) is 3.39. The van der Waals surface area contributed by atoms with Gasteiger partial charge in [-0.2, -0.15) is 5.10 Å². The van der Waals surface area contributed by atoms with Crippen LogP contribution in [0.3, 0.4) is 0 Å². The van der Waals surface area contributed by atoms with Crippen molar-refractivity contribution >= 4 is 11.7 Å². The summed E-state index contributed by atoms with van der Waals surface area (Å²) in [6, 6.07) is 12.4. The van der Waals surface area contributed by atoms with E-state index < -0.39 is 0 Å². The van der Waals surface area contributed by atoms with Crippen molar-refractivity contribution in [3.63, 3.8) is 0 Å². The maximum absolute atomic E-state index is 12.5. The van der Waals surface area contributed by atoms with Gasteiger partial charge < -0.3 is 9.80 Å². The molecular formula is C20H24N4O. The molecule has 5 heteroatoms. The van der Waals surface area contributed by atoms with Gasteiger partial charge in [-0.1, -0.05) is 29.8 Å². The van der Waals surface area contributed by atoms with Gasteiger partial charge in [0.2, 0.25) is 5.91 Å². The summed E-state index contributed by atoms with van der Waals surface area (Å²) >= 11 is 0. The highest BCUT2D eigenvalue weighted by Gasteiger charge is 2.26. The number of benzene rings is 1. The third kappa shape index (κ3) is 3.81. The normalized spacial score (nSPS) is 17.6. The van der Waals surface area contributed by atoms with Gasteiger partial charge in [-0.05, 0) is 37.5 Å². The zero-order valence-corrected chi connectivity index (χ0v) is 14.7. The molecule has 1 saturated carbocycles. The van der Waals surface area contributed by atoms with Gasteiger partial charge in [0.1, 0.15) is 0 Å². The lowest BCUT2D eigenvalue weighted by atomic mass is 10.1. The van der Waals surface area contributed by atoms with Crippen LogP contribution < -0.4 is 4.90 Å². The first kappa shape index (κ1) is 16.1. The van der Waals surface area contributed by atoms with Gasteiger partial charge in [0.15, 0.2) is 5.82 Å². The van der Waals surface area contributed by atoms with Crippen LogP contribution in [0.5, 0.6) is 0 Å². The van der Waals surface area contributed by atoms with E-state index in [1.54, 1.807) is 0 Å². The third-order valence-corrected chi connectivity index (χ3v) is 5.06. The molecule has 1 saturated heterocycles. The largest absolute Gasteiger partial charge is 0.352 e. The number of anilines is 1. The minimum Gasteiger partial charge on any atom is -0.352 e. The van der Waals surface area contributed by atoms with E-state index in [1.807, 2.05) is 17.0 Å². The first-order chi connectivity index (χ1) is 12.2. The summed E-state index contributed by atoms with van der Waals surface area (Å²) in [5.74, 6) is 1.77. The van der Waals surface area contributed by atoms with Crippen LogP contribution in [0.2, 0.25) is 0 Å². The lowest BCUT2D eigenvalue weighted by Gasteiger charge is -2.35. The highest BCUT2D eigenvalue weighted by Crippen LogP contribution is 2.38. The van der Waals surface area contributed by atoms with Crippen molar-refractivity contribution < 1.29 is 4.79 Å². The maximum Gasteiger partial charge on any atom is 0.227 e. The Morgan fingerprint density at radius 2 is 1.88 bits per heavy atom. The van der Waals surface area contributed by atoms with Crippen molar-refractivity contribution in [2.45, 2.75) is 32.1 Å². The summed E-state index contributed by atoms with van der Waals surface area (Å²) < 4.78 is 0. The Hall–Kier alpha value is -2.43. The van der Waals surface area contributed by atoms with Crippen LogP contribution >= 0.6 is 0 Å². The number of amides is 1. The van der Waals surface area contributed by atoms with Crippen LogP contribution in [0, 0.1) is 6.92 Å². The van der Waals surface area contributed by atoms with E-state index in [-0.39, 0.29) is 5.91 Å². The Morgan fingerprint density at radius 1 is 1.08 bits per heavy atom. The number of carbonyl (C=O) groups is 1. The lowest BCUT2D eigenvalue weighted by Crippen LogP contribution is -2.49. The van der Waals surface area contributed by atoms with E-state index in [9.17, 15) is 4.79 Å². The fraction of sp³-hybridized carbons (Fsp3) is 0.450. The predicted molar refractivity (Wildman–Crippen MR) is 97.7 cm³/mol. The molecule has 0 bridgehead atoms. The molecule has 130 valence electrons. The maximum atomic E-state index is 12.5. The molecular weight excluding hydrogens is 312 g/mol. The molecule has 4 rings (SSSR count). The van der Waals surface area contributed by atoms with Gasteiger partial charge in [0.05, 0.1) is 12.1 Å². The molecule has 0 unspecified atom stereocenters.